The zero-order valence-corrected chi connectivity index (χ0v) is 17.0. The first kappa shape index (κ1) is 22.0. The predicted octanol–water partition coefficient (Wildman–Crippen LogP) is 2.97. The van der Waals surface area contributed by atoms with Crippen LogP contribution in [0.25, 0.3) is 0 Å². The lowest BCUT2D eigenvalue weighted by atomic mass is 9.93. The molecule has 10 nitrogen and oxygen atoms in total. The third kappa shape index (κ3) is 4.76. The Balaban J connectivity index is 2.69. The lowest BCUT2D eigenvalue weighted by Gasteiger charge is -2.29. The largest absolute Gasteiger partial charge is 0.490 e. The third-order valence-electron chi connectivity index (χ3n) is 4.16. The van der Waals surface area contributed by atoms with E-state index in [1.807, 2.05) is 0 Å². The van der Waals surface area contributed by atoms with E-state index in [1.165, 1.54) is 19.2 Å². The molecule has 2 N–H and O–H groups in total. The van der Waals surface area contributed by atoms with Crippen LogP contribution < -0.4 is 20.1 Å². The molecule has 0 saturated heterocycles. The number of rotatable bonds is 8. The molecule has 1 aliphatic heterocycles. The van der Waals surface area contributed by atoms with Gasteiger partial charge in [0.1, 0.15) is 0 Å². The molecule has 1 aliphatic rings. The van der Waals surface area contributed by atoms with Gasteiger partial charge in [-0.2, -0.15) is 0 Å². The third-order valence-corrected chi connectivity index (χ3v) is 4.16. The minimum Gasteiger partial charge on any atom is -0.490 e. The van der Waals surface area contributed by atoms with E-state index >= 15 is 0 Å². The number of nitro benzene ring substituents is 1. The zero-order valence-electron chi connectivity index (χ0n) is 17.0. The SMILES string of the molecule is CCOc1cc(C2NC(=O)NC(CC)=C2C(=O)OC(C)C)cc([N+](=O)[O-])c1OC. The average Bonchev–Trinajstić information content (AvgIpc) is 2.65. The first-order chi connectivity index (χ1) is 13.7. The second-order valence-electron chi connectivity index (χ2n) is 6.49. The maximum Gasteiger partial charge on any atom is 0.338 e. The van der Waals surface area contributed by atoms with E-state index in [0.717, 1.165) is 0 Å². The molecule has 0 saturated carbocycles. The van der Waals surface area contributed by atoms with E-state index in [2.05, 4.69) is 10.6 Å². The summed E-state index contributed by atoms with van der Waals surface area (Å²) in [5, 5.41) is 16.8. The summed E-state index contributed by atoms with van der Waals surface area (Å²) in [5.41, 5.74) is 0.539. The second-order valence-corrected chi connectivity index (χ2v) is 6.49. The van der Waals surface area contributed by atoms with Gasteiger partial charge < -0.3 is 24.8 Å². The highest BCUT2D eigenvalue weighted by molar-refractivity contribution is 5.95. The normalized spacial score (nSPS) is 16.2. The number of carbonyl (C=O) groups is 2. The van der Waals surface area contributed by atoms with Crippen LogP contribution in [0, 0.1) is 10.1 Å². The molecular weight excluding hydrogens is 382 g/mol. The van der Waals surface area contributed by atoms with Crippen LogP contribution in [0.4, 0.5) is 10.5 Å². The topological polar surface area (TPSA) is 129 Å². The summed E-state index contributed by atoms with van der Waals surface area (Å²) in [6.45, 7) is 7.17. The Morgan fingerprint density at radius 2 is 2.00 bits per heavy atom. The Hall–Kier alpha value is -3.30. The van der Waals surface area contributed by atoms with Crippen molar-refractivity contribution in [2.75, 3.05) is 13.7 Å². The highest BCUT2D eigenvalue weighted by Gasteiger charge is 2.35. The molecule has 2 amide bonds. The molecule has 0 bridgehead atoms. The van der Waals surface area contributed by atoms with E-state index in [9.17, 15) is 19.7 Å². The van der Waals surface area contributed by atoms with Gasteiger partial charge in [-0.3, -0.25) is 10.1 Å². The molecule has 1 atom stereocenters. The number of amides is 2. The molecule has 1 unspecified atom stereocenters. The highest BCUT2D eigenvalue weighted by atomic mass is 16.6. The summed E-state index contributed by atoms with van der Waals surface area (Å²) in [6.07, 6.45) is -0.0150. The summed E-state index contributed by atoms with van der Waals surface area (Å²) in [4.78, 5) is 35.9. The number of ether oxygens (including phenoxy) is 3. The van der Waals surface area contributed by atoms with Crippen LogP contribution in [0.2, 0.25) is 0 Å². The lowest BCUT2D eigenvalue weighted by molar-refractivity contribution is -0.385. The monoisotopic (exact) mass is 407 g/mol. The Kier molecular flexibility index (Phi) is 7.03. The standard InChI is InChI=1S/C19H25N3O7/c1-6-12-15(18(23)29-10(3)4)16(21-19(24)20-12)11-8-13(22(25)26)17(27-5)14(9-11)28-7-2/h8-10,16H,6-7H2,1-5H3,(H2,20,21,24). The molecule has 158 valence electrons. The average molecular weight is 407 g/mol. The van der Waals surface area contributed by atoms with Crippen molar-refractivity contribution < 1.29 is 28.7 Å². The minimum absolute atomic E-state index is 0.0353. The molecule has 10 heteroatoms. The molecule has 1 aromatic carbocycles. The molecule has 0 aromatic heterocycles. The Bertz CT molecular complexity index is 848. The van der Waals surface area contributed by atoms with Gasteiger partial charge in [-0.05, 0) is 38.8 Å². The van der Waals surface area contributed by atoms with Crippen LogP contribution in [-0.2, 0) is 9.53 Å². The number of nitrogens with zero attached hydrogens (tertiary/aromatic N) is 1. The first-order valence-electron chi connectivity index (χ1n) is 9.24. The molecule has 0 fully saturated rings. The Morgan fingerprint density at radius 1 is 1.31 bits per heavy atom. The fraction of sp³-hybridized carbons (Fsp3) is 0.474. The maximum absolute atomic E-state index is 12.8. The van der Waals surface area contributed by atoms with Gasteiger partial charge >= 0.3 is 17.7 Å². The summed E-state index contributed by atoms with van der Waals surface area (Å²) in [6, 6.07) is 1.30. The fourth-order valence-electron chi connectivity index (χ4n) is 3.04. The fourth-order valence-corrected chi connectivity index (χ4v) is 3.04. The van der Waals surface area contributed by atoms with Gasteiger partial charge in [-0.25, -0.2) is 9.59 Å². The number of esters is 1. The summed E-state index contributed by atoms with van der Waals surface area (Å²) >= 11 is 0. The van der Waals surface area contributed by atoms with E-state index in [1.54, 1.807) is 27.7 Å². The van der Waals surface area contributed by atoms with Crippen molar-refractivity contribution in [3.63, 3.8) is 0 Å². The Labute approximate surface area is 168 Å². The van der Waals surface area contributed by atoms with Crippen LogP contribution in [0.5, 0.6) is 11.5 Å². The highest BCUT2D eigenvalue weighted by Crippen LogP contribution is 2.41. The number of urea groups is 1. The summed E-state index contributed by atoms with van der Waals surface area (Å²) in [7, 11) is 1.30. The van der Waals surface area contributed by atoms with E-state index in [-0.39, 0.29) is 35.5 Å². The summed E-state index contributed by atoms with van der Waals surface area (Å²) in [5.74, 6) is -0.515. The Morgan fingerprint density at radius 3 is 2.52 bits per heavy atom. The minimum atomic E-state index is -0.950. The number of hydrogen-bond donors (Lipinski definition) is 2. The van der Waals surface area contributed by atoms with Gasteiger partial charge in [0.05, 0.1) is 36.4 Å². The predicted molar refractivity (Wildman–Crippen MR) is 104 cm³/mol. The molecule has 0 spiro atoms. The zero-order chi connectivity index (χ0) is 21.7. The quantitative estimate of drug-likeness (QED) is 0.385. The van der Waals surface area contributed by atoms with Gasteiger partial charge in [-0.1, -0.05) is 6.92 Å². The van der Waals surface area contributed by atoms with Crippen molar-refractivity contribution in [3.8, 4) is 11.5 Å². The second kappa shape index (κ2) is 9.26. The smallest absolute Gasteiger partial charge is 0.338 e. The van der Waals surface area contributed by atoms with Crippen molar-refractivity contribution in [1.82, 2.24) is 10.6 Å². The van der Waals surface area contributed by atoms with Crippen molar-refractivity contribution in [3.05, 3.63) is 39.1 Å². The molecular formula is C19H25N3O7. The van der Waals surface area contributed by atoms with Crippen molar-refractivity contribution >= 4 is 17.7 Å². The molecule has 0 radical (unpaired) electrons. The first-order valence-corrected chi connectivity index (χ1v) is 9.24. The number of benzene rings is 1. The molecule has 29 heavy (non-hydrogen) atoms. The number of nitro groups is 1. The lowest BCUT2D eigenvalue weighted by Crippen LogP contribution is -2.46. The summed E-state index contributed by atoms with van der Waals surface area (Å²) < 4.78 is 16.0. The van der Waals surface area contributed by atoms with Gasteiger partial charge in [0.25, 0.3) is 0 Å². The van der Waals surface area contributed by atoms with Crippen LogP contribution >= 0.6 is 0 Å². The van der Waals surface area contributed by atoms with Gasteiger partial charge in [0.2, 0.25) is 5.75 Å². The molecule has 1 aromatic rings. The van der Waals surface area contributed by atoms with Crippen LogP contribution in [0.3, 0.4) is 0 Å². The number of nitrogens with one attached hydrogen (secondary N) is 2. The van der Waals surface area contributed by atoms with E-state index in [4.69, 9.17) is 14.2 Å². The molecule has 1 heterocycles. The van der Waals surface area contributed by atoms with Crippen molar-refractivity contribution in [1.29, 1.82) is 0 Å². The van der Waals surface area contributed by atoms with Crippen molar-refractivity contribution in [2.45, 2.75) is 46.3 Å². The van der Waals surface area contributed by atoms with Crippen molar-refractivity contribution in [2.24, 2.45) is 0 Å². The molecule has 2 rings (SSSR count). The van der Waals surface area contributed by atoms with Gasteiger partial charge in [0, 0.05) is 11.8 Å². The van der Waals surface area contributed by atoms with Gasteiger partial charge in [0.15, 0.2) is 5.75 Å². The molecule has 0 aliphatic carbocycles. The van der Waals surface area contributed by atoms with E-state index < -0.39 is 23.0 Å². The van der Waals surface area contributed by atoms with E-state index in [0.29, 0.717) is 17.7 Å². The maximum atomic E-state index is 12.8. The number of methoxy groups -OCH3 is 1. The van der Waals surface area contributed by atoms with Crippen LogP contribution in [0.15, 0.2) is 23.4 Å². The van der Waals surface area contributed by atoms with Crippen LogP contribution in [0.1, 0.15) is 45.7 Å². The van der Waals surface area contributed by atoms with Crippen LogP contribution in [-0.4, -0.2) is 36.7 Å². The number of allylic oxidation sites excluding steroid dienone is 1. The number of hydrogen-bond acceptors (Lipinski definition) is 7. The van der Waals surface area contributed by atoms with Gasteiger partial charge in [-0.15, -0.1) is 0 Å². The number of carbonyl (C=O) groups excluding carboxylic acids is 2.